The Morgan fingerprint density at radius 1 is 0.484 bits per heavy atom. The molecule has 6 nitrogen and oxygen atoms in total. The Labute approximate surface area is 384 Å². The summed E-state index contributed by atoms with van der Waals surface area (Å²) < 4.78 is 5.86. The molecule has 0 rings (SSSR count). The number of amides is 1. The Hall–Kier alpha value is -2.44. The van der Waals surface area contributed by atoms with Gasteiger partial charge in [-0.3, -0.25) is 9.59 Å². The number of carbonyl (C=O) groups excluding carboxylic acids is 2. The lowest BCUT2D eigenvalue weighted by Crippen LogP contribution is -2.46. The van der Waals surface area contributed by atoms with Crippen molar-refractivity contribution < 1.29 is 24.5 Å². The van der Waals surface area contributed by atoms with Crippen LogP contribution in [0.5, 0.6) is 0 Å². The first-order chi connectivity index (χ1) is 30.5. The van der Waals surface area contributed by atoms with Crippen molar-refractivity contribution >= 4 is 11.9 Å². The Kier molecular flexibility index (Phi) is 47.6. The Bertz CT molecular complexity index is 1110. The third-order valence-electron chi connectivity index (χ3n) is 11.8. The summed E-state index contributed by atoms with van der Waals surface area (Å²) in [4.78, 5) is 26.1. The van der Waals surface area contributed by atoms with Crippen LogP contribution in [0.1, 0.15) is 258 Å². The molecule has 0 bridgehead atoms. The van der Waals surface area contributed by atoms with E-state index in [1.807, 2.05) is 6.08 Å². The summed E-state index contributed by atoms with van der Waals surface area (Å²) in [6.07, 6.45) is 61.6. The molecule has 0 aliphatic rings. The molecule has 0 saturated heterocycles. The zero-order valence-corrected chi connectivity index (χ0v) is 41.0. The highest BCUT2D eigenvalue weighted by Gasteiger charge is 2.23. The van der Waals surface area contributed by atoms with E-state index in [0.29, 0.717) is 19.3 Å². The summed E-state index contributed by atoms with van der Waals surface area (Å²) in [5, 5.41) is 23.8. The summed E-state index contributed by atoms with van der Waals surface area (Å²) >= 11 is 0. The molecule has 0 aromatic heterocycles. The van der Waals surface area contributed by atoms with Gasteiger partial charge in [-0.1, -0.05) is 236 Å². The number of hydrogen-bond acceptors (Lipinski definition) is 5. The van der Waals surface area contributed by atoms with Crippen LogP contribution in [0.3, 0.4) is 0 Å². The maximum absolute atomic E-state index is 13.2. The van der Waals surface area contributed by atoms with Gasteiger partial charge < -0.3 is 20.3 Å². The van der Waals surface area contributed by atoms with E-state index in [2.05, 4.69) is 80.8 Å². The molecule has 0 aliphatic carbocycles. The molecule has 0 heterocycles. The minimum atomic E-state index is -0.813. The topological polar surface area (TPSA) is 95.9 Å². The van der Waals surface area contributed by atoms with Crippen molar-refractivity contribution in [2.45, 2.75) is 277 Å². The highest BCUT2D eigenvalue weighted by molar-refractivity contribution is 5.77. The minimum absolute atomic E-state index is 0.00210. The molecule has 0 radical (unpaired) electrons. The van der Waals surface area contributed by atoms with Gasteiger partial charge in [0.2, 0.25) is 5.91 Å². The van der Waals surface area contributed by atoms with Crippen LogP contribution in [-0.2, 0) is 14.3 Å². The second-order valence-corrected chi connectivity index (χ2v) is 17.9. The van der Waals surface area contributed by atoms with E-state index >= 15 is 0 Å². The van der Waals surface area contributed by atoms with Crippen molar-refractivity contribution in [3.05, 3.63) is 60.8 Å². The quantitative estimate of drug-likeness (QED) is 0.0322. The standard InChI is InChI=1S/C56H101NO5/c1-4-7-10-13-16-19-22-24-26-27-29-31-34-36-39-42-45-48-54(59)53(51-58)57-55(60)50-52(62-56(61)49-46-43-40-37-32-21-18-15-12-9-6-3)47-44-41-38-35-33-30-28-25-23-20-17-14-11-8-5-2/h15,17-18,20,25,28,33,35,41,44,52-54,58-59H,4-14,16,19,21-24,26-27,29-32,34,36-40,42-43,45-51H2,1-3H3,(H,57,60)/b18-15-,20-17-,28-25-,35-33-,44-41-. The second kappa shape index (κ2) is 49.6. The highest BCUT2D eigenvalue weighted by Crippen LogP contribution is 2.17. The summed E-state index contributed by atoms with van der Waals surface area (Å²) in [5.41, 5.74) is 0. The number of aliphatic hydroxyl groups excluding tert-OH is 2. The summed E-state index contributed by atoms with van der Waals surface area (Å²) in [6, 6.07) is -0.733. The SMILES string of the molecule is CCCC/C=C\CCCCCCCC(=O)OC(C/C=C\C/C=C\C/C=C\C/C=C\CCCCC)CC(=O)NC(CO)C(O)CCCCCCCCCCCCCCCCCCC. The molecule has 6 heteroatoms. The van der Waals surface area contributed by atoms with Crippen LogP contribution < -0.4 is 5.32 Å². The lowest BCUT2D eigenvalue weighted by atomic mass is 10.0. The zero-order valence-electron chi connectivity index (χ0n) is 41.0. The van der Waals surface area contributed by atoms with Crippen LogP contribution in [0.4, 0.5) is 0 Å². The van der Waals surface area contributed by atoms with Crippen LogP contribution in [0.2, 0.25) is 0 Å². The molecule has 0 saturated carbocycles. The molecular weight excluding hydrogens is 767 g/mol. The molecule has 0 aromatic carbocycles. The summed E-state index contributed by atoms with van der Waals surface area (Å²) in [7, 11) is 0. The summed E-state index contributed by atoms with van der Waals surface area (Å²) in [6.45, 7) is 6.40. The lowest BCUT2D eigenvalue weighted by molar-refractivity contribution is -0.150. The molecule has 3 N–H and O–H groups in total. The van der Waals surface area contributed by atoms with E-state index in [9.17, 15) is 19.8 Å². The number of aliphatic hydroxyl groups is 2. The maximum atomic E-state index is 13.2. The van der Waals surface area contributed by atoms with Crippen molar-refractivity contribution in [2.24, 2.45) is 0 Å². The molecule has 62 heavy (non-hydrogen) atoms. The van der Waals surface area contributed by atoms with Gasteiger partial charge in [-0.05, 0) is 64.2 Å². The molecule has 0 aliphatic heterocycles. The number of allylic oxidation sites excluding steroid dienone is 9. The number of hydrogen-bond donors (Lipinski definition) is 3. The lowest BCUT2D eigenvalue weighted by Gasteiger charge is -2.24. The van der Waals surface area contributed by atoms with Gasteiger partial charge in [-0.15, -0.1) is 0 Å². The number of carbonyl (C=O) groups is 2. The first kappa shape index (κ1) is 59.6. The normalized spacial score (nSPS) is 13.7. The fourth-order valence-corrected chi connectivity index (χ4v) is 7.74. The highest BCUT2D eigenvalue weighted by atomic mass is 16.5. The molecule has 3 atom stereocenters. The van der Waals surface area contributed by atoms with Crippen LogP contribution >= 0.6 is 0 Å². The predicted molar refractivity (Wildman–Crippen MR) is 268 cm³/mol. The van der Waals surface area contributed by atoms with E-state index in [0.717, 1.165) is 64.2 Å². The van der Waals surface area contributed by atoms with Gasteiger partial charge in [0.05, 0.1) is 25.2 Å². The third kappa shape index (κ3) is 44.2. The fourth-order valence-electron chi connectivity index (χ4n) is 7.74. The van der Waals surface area contributed by atoms with Gasteiger partial charge >= 0.3 is 5.97 Å². The van der Waals surface area contributed by atoms with Crippen LogP contribution in [0, 0.1) is 0 Å². The van der Waals surface area contributed by atoms with Crippen molar-refractivity contribution in [2.75, 3.05) is 6.61 Å². The van der Waals surface area contributed by atoms with Gasteiger partial charge in [0.1, 0.15) is 6.10 Å². The molecule has 1 amide bonds. The van der Waals surface area contributed by atoms with Crippen molar-refractivity contribution in [1.29, 1.82) is 0 Å². The van der Waals surface area contributed by atoms with Crippen molar-refractivity contribution in [3.63, 3.8) is 0 Å². The fraction of sp³-hybridized carbons (Fsp3) is 0.786. The smallest absolute Gasteiger partial charge is 0.306 e. The largest absolute Gasteiger partial charge is 0.461 e. The number of unbranched alkanes of at least 4 members (excludes halogenated alkanes) is 26. The van der Waals surface area contributed by atoms with E-state index in [1.54, 1.807) is 0 Å². The number of ether oxygens (including phenoxy) is 1. The molecule has 0 aromatic rings. The second-order valence-electron chi connectivity index (χ2n) is 17.9. The number of esters is 1. The monoisotopic (exact) mass is 868 g/mol. The van der Waals surface area contributed by atoms with Gasteiger partial charge in [0.25, 0.3) is 0 Å². The zero-order chi connectivity index (χ0) is 45.2. The van der Waals surface area contributed by atoms with E-state index in [4.69, 9.17) is 4.74 Å². The average Bonchev–Trinajstić information content (AvgIpc) is 3.26. The van der Waals surface area contributed by atoms with E-state index in [-0.39, 0.29) is 24.9 Å². The van der Waals surface area contributed by atoms with Crippen LogP contribution in [0.15, 0.2) is 60.8 Å². The number of nitrogens with one attached hydrogen (secondary N) is 1. The first-order valence-corrected chi connectivity index (χ1v) is 26.5. The molecule has 360 valence electrons. The van der Waals surface area contributed by atoms with Gasteiger partial charge in [0.15, 0.2) is 0 Å². The van der Waals surface area contributed by atoms with E-state index < -0.39 is 18.2 Å². The predicted octanol–water partition coefficient (Wildman–Crippen LogP) is 16.0. The minimum Gasteiger partial charge on any atom is -0.461 e. The Morgan fingerprint density at radius 2 is 0.871 bits per heavy atom. The van der Waals surface area contributed by atoms with Gasteiger partial charge in [-0.25, -0.2) is 0 Å². The molecule has 0 spiro atoms. The van der Waals surface area contributed by atoms with Crippen LogP contribution in [-0.4, -0.2) is 46.9 Å². The summed E-state index contributed by atoms with van der Waals surface area (Å²) in [5.74, 6) is -0.585. The van der Waals surface area contributed by atoms with E-state index in [1.165, 1.54) is 148 Å². The maximum Gasteiger partial charge on any atom is 0.306 e. The van der Waals surface area contributed by atoms with Crippen molar-refractivity contribution in [1.82, 2.24) is 5.32 Å². The molecular formula is C56H101NO5. The van der Waals surface area contributed by atoms with Crippen LogP contribution in [0.25, 0.3) is 0 Å². The van der Waals surface area contributed by atoms with Gasteiger partial charge in [0, 0.05) is 12.8 Å². The molecule has 3 unspecified atom stereocenters. The first-order valence-electron chi connectivity index (χ1n) is 26.5. The molecule has 0 fully saturated rings. The van der Waals surface area contributed by atoms with Crippen molar-refractivity contribution in [3.8, 4) is 0 Å². The van der Waals surface area contributed by atoms with Gasteiger partial charge in [-0.2, -0.15) is 0 Å². The average molecular weight is 868 g/mol. The number of rotatable bonds is 47. The Balaban J connectivity index is 4.63. The third-order valence-corrected chi connectivity index (χ3v) is 11.8. The Morgan fingerprint density at radius 3 is 1.39 bits per heavy atom.